The Labute approximate surface area is 98.4 Å². The standard InChI is InChI=1S/C14H22N2/c1-11-8-16(10-14(15)12(11)2)9-13-6-4-3-5-7-13/h3-7,11-12,14H,8-10,15H2,1-2H3. The fourth-order valence-corrected chi connectivity index (χ4v) is 2.51. The molecule has 3 unspecified atom stereocenters. The Hall–Kier alpha value is -0.860. The van der Waals surface area contributed by atoms with Crippen LogP contribution in [0.15, 0.2) is 30.3 Å². The number of nitrogens with zero attached hydrogens (tertiary/aromatic N) is 1. The summed E-state index contributed by atoms with van der Waals surface area (Å²) in [6, 6.07) is 11.0. The van der Waals surface area contributed by atoms with E-state index in [1.54, 1.807) is 0 Å². The van der Waals surface area contributed by atoms with Gasteiger partial charge in [0.2, 0.25) is 0 Å². The van der Waals surface area contributed by atoms with E-state index in [4.69, 9.17) is 5.73 Å². The molecule has 0 amide bonds. The van der Waals surface area contributed by atoms with E-state index in [2.05, 4.69) is 49.1 Å². The minimum atomic E-state index is 0.326. The van der Waals surface area contributed by atoms with E-state index >= 15 is 0 Å². The second kappa shape index (κ2) is 4.98. The Morgan fingerprint density at radius 1 is 1.19 bits per heavy atom. The molecule has 1 fully saturated rings. The summed E-state index contributed by atoms with van der Waals surface area (Å²) in [5.41, 5.74) is 7.56. The van der Waals surface area contributed by atoms with Crippen molar-refractivity contribution in [3.63, 3.8) is 0 Å². The lowest BCUT2D eigenvalue weighted by Crippen LogP contribution is -2.51. The summed E-state index contributed by atoms with van der Waals surface area (Å²) in [5.74, 6) is 1.35. The van der Waals surface area contributed by atoms with E-state index in [-0.39, 0.29) is 0 Å². The molecule has 0 radical (unpaired) electrons. The van der Waals surface area contributed by atoms with Crippen molar-refractivity contribution >= 4 is 0 Å². The van der Waals surface area contributed by atoms with E-state index < -0.39 is 0 Å². The van der Waals surface area contributed by atoms with Crippen molar-refractivity contribution in [2.75, 3.05) is 13.1 Å². The van der Waals surface area contributed by atoms with Gasteiger partial charge in [-0.2, -0.15) is 0 Å². The molecule has 2 rings (SSSR count). The largest absolute Gasteiger partial charge is 0.326 e. The fraction of sp³-hybridized carbons (Fsp3) is 0.571. The highest BCUT2D eigenvalue weighted by molar-refractivity contribution is 5.14. The summed E-state index contributed by atoms with van der Waals surface area (Å²) < 4.78 is 0. The fourth-order valence-electron chi connectivity index (χ4n) is 2.51. The minimum absolute atomic E-state index is 0.326. The van der Waals surface area contributed by atoms with Crippen LogP contribution in [0, 0.1) is 11.8 Å². The molecule has 0 aliphatic carbocycles. The first kappa shape index (κ1) is 11.6. The average molecular weight is 218 g/mol. The second-order valence-corrected chi connectivity index (χ2v) is 5.18. The molecule has 2 nitrogen and oxygen atoms in total. The summed E-state index contributed by atoms with van der Waals surface area (Å²) in [6.07, 6.45) is 0. The van der Waals surface area contributed by atoms with E-state index in [1.165, 1.54) is 12.1 Å². The van der Waals surface area contributed by atoms with Gasteiger partial charge < -0.3 is 5.73 Å². The van der Waals surface area contributed by atoms with Crippen molar-refractivity contribution < 1.29 is 0 Å². The number of rotatable bonds is 2. The van der Waals surface area contributed by atoms with Crippen molar-refractivity contribution in [2.24, 2.45) is 17.6 Å². The number of hydrogen-bond acceptors (Lipinski definition) is 2. The molecular formula is C14H22N2. The molecule has 88 valence electrons. The summed E-state index contributed by atoms with van der Waals surface area (Å²) in [4.78, 5) is 2.48. The van der Waals surface area contributed by atoms with Gasteiger partial charge in [0.1, 0.15) is 0 Å². The van der Waals surface area contributed by atoms with Crippen molar-refractivity contribution in [3.05, 3.63) is 35.9 Å². The smallest absolute Gasteiger partial charge is 0.0234 e. The molecule has 0 spiro atoms. The van der Waals surface area contributed by atoms with Gasteiger partial charge in [0.25, 0.3) is 0 Å². The van der Waals surface area contributed by atoms with Crippen LogP contribution in [-0.2, 0) is 6.54 Å². The Kier molecular flexibility index (Phi) is 3.62. The quantitative estimate of drug-likeness (QED) is 0.823. The van der Waals surface area contributed by atoms with Crippen LogP contribution >= 0.6 is 0 Å². The maximum Gasteiger partial charge on any atom is 0.0234 e. The number of benzene rings is 1. The van der Waals surface area contributed by atoms with Crippen LogP contribution in [0.4, 0.5) is 0 Å². The SMILES string of the molecule is CC1CN(Cc2ccccc2)CC(N)C1C. The first-order valence-corrected chi connectivity index (χ1v) is 6.18. The van der Waals surface area contributed by atoms with Gasteiger partial charge in [-0.15, -0.1) is 0 Å². The highest BCUT2D eigenvalue weighted by atomic mass is 15.1. The van der Waals surface area contributed by atoms with E-state index in [0.717, 1.165) is 13.1 Å². The van der Waals surface area contributed by atoms with Gasteiger partial charge in [0.15, 0.2) is 0 Å². The van der Waals surface area contributed by atoms with Gasteiger partial charge in [-0.05, 0) is 17.4 Å². The van der Waals surface area contributed by atoms with Gasteiger partial charge in [-0.25, -0.2) is 0 Å². The van der Waals surface area contributed by atoms with E-state index in [1.807, 2.05) is 0 Å². The third kappa shape index (κ3) is 2.63. The highest BCUT2D eigenvalue weighted by Gasteiger charge is 2.28. The number of likely N-dealkylation sites (tertiary alicyclic amines) is 1. The molecule has 16 heavy (non-hydrogen) atoms. The molecule has 0 saturated carbocycles. The molecular weight excluding hydrogens is 196 g/mol. The Morgan fingerprint density at radius 2 is 1.88 bits per heavy atom. The maximum atomic E-state index is 6.17. The lowest BCUT2D eigenvalue weighted by atomic mass is 9.85. The van der Waals surface area contributed by atoms with Gasteiger partial charge in [0, 0.05) is 25.7 Å². The first-order valence-electron chi connectivity index (χ1n) is 6.18. The van der Waals surface area contributed by atoms with Gasteiger partial charge >= 0.3 is 0 Å². The number of piperidine rings is 1. The zero-order valence-electron chi connectivity index (χ0n) is 10.3. The van der Waals surface area contributed by atoms with Crippen LogP contribution in [0.2, 0.25) is 0 Å². The predicted molar refractivity (Wildman–Crippen MR) is 68.0 cm³/mol. The van der Waals surface area contributed by atoms with Crippen LogP contribution in [0.25, 0.3) is 0 Å². The van der Waals surface area contributed by atoms with Crippen molar-refractivity contribution in [2.45, 2.75) is 26.4 Å². The zero-order valence-corrected chi connectivity index (χ0v) is 10.3. The third-order valence-electron chi connectivity index (χ3n) is 3.84. The summed E-state index contributed by atoms with van der Waals surface area (Å²) in [5, 5.41) is 0. The molecule has 1 saturated heterocycles. The lowest BCUT2D eigenvalue weighted by Gasteiger charge is -2.39. The zero-order chi connectivity index (χ0) is 11.5. The molecule has 1 aromatic carbocycles. The molecule has 1 aromatic rings. The summed E-state index contributed by atoms with van der Waals surface area (Å²) in [7, 11) is 0. The van der Waals surface area contributed by atoms with Crippen LogP contribution in [-0.4, -0.2) is 24.0 Å². The highest BCUT2D eigenvalue weighted by Crippen LogP contribution is 2.23. The van der Waals surface area contributed by atoms with Crippen LogP contribution < -0.4 is 5.73 Å². The third-order valence-corrected chi connectivity index (χ3v) is 3.84. The van der Waals surface area contributed by atoms with E-state index in [9.17, 15) is 0 Å². The Balaban J connectivity index is 1.97. The molecule has 0 aromatic heterocycles. The van der Waals surface area contributed by atoms with Crippen LogP contribution in [0.5, 0.6) is 0 Å². The van der Waals surface area contributed by atoms with Crippen LogP contribution in [0.1, 0.15) is 19.4 Å². The van der Waals surface area contributed by atoms with Crippen molar-refractivity contribution in [1.82, 2.24) is 4.90 Å². The van der Waals surface area contributed by atoms with Crippen molar-refractivity contribution in [3.8, 4) is 0 Å². The molecule has 1 heterocycles. The maximum absolute atomic E-state index is 6.17. The topological polar surface area (TPSA) is 29.3 Å². The normalized spacial score (nSPS) is 31.6. The van der Waals surface area contributed by atoms with Crippen LogP contribution in [0.3, 0.4) is 0 Å². The molecule has 1 aliphatic heterocycles. The van der Waals surface area contributed by atoms with Gasteiger partial charge in [-0.3, -0.25) is 4.90 Å². The molecule has 1 aliphatic rings. The summed E-state index contributed by atoms with van der Waals surface area (Å²) in [6.45, 7) is 7.81. The van der Waals surface area contributed by atoms with Gasteiger partial charge in [-0.1, -0.05) is 44.2 Å². The first-order chi connectivity index (χ1) is 7.66. The predicted octanol–water partition coefficient (Wildman–Crippen LogP) is 2.10. The molecule has 3 atom stereocenters. The minimum Gasteiger partial charge on any atom is -0.326 e. The molecule has 2 N–H and O–H groups in total. The monoisotopic (exact) mass is 218 g/mol. The lowest BCUT2D eigenvalue weighted by molar-refractivity contribution is 0.111. The van der Waals surface area contributed by atoms with Crippen molar-refractivity contribution in [1.29, 1.82) is 0 Å². The molecule has 2 heteroatoms. The summed E-state index contributed by atoms with van der Waals surface area (Å²) >= 11 is 0. The Bertz CT molecular complexity index is 311. The Morgan fingerprint density at radius 3 is 2.50 bits per heavy atom. The molecule has 0 bridgehead atoms. The second-order valence-electron chi connectivity index (χ2n) is 5.18. The van der Waals surface area contributed by atoms with E-state index in [0.29, 0.717) is 17.9 Å². The van der Waals surface area contributed by atoms with Gasteiger partial charge in [0.05, 0.1) is 0 Å². The number of nitrogens with two attached hydrogens (primary N) is 1. The number of hydrogen-bond donors (Lipinski definition) is 1. The average Bonchev–Trinajstić information content (AvgIpc) is 2.27.